The molecule has 2 rings (SSSR count). The number of piperidine rings is 1. The van der Waals surface area contributed by atoms with Gasteiger partial charge in [0.25, 0.3) is 5.91 Å². The van der Waals surface area contributed by atoms with Gasteiger partial charge in [-0.1, -0.05) is 0 Å². The van der Waals surface area contributed by atoms with Crippen molar-refractivity contribution in [1.29, 1.82) is 0 Å². The molecule has 0 bridgehead atoms. The van der Waals surface area contributed by atoms with E-state index < -0.39 is 0 Å². The van der Waals surface area contributed by atoms with Crippen LogP contribution in [0.5, 0.6) is 0 Å². The van der Waals surface area contributed by atoms with E-state index in [0.29, 0.717) is 23.3 Å². The van der Waals surface area contributed by atoms with E-state index in [0.717, 1.165) is 12.8 Å². The number of nitrogens with two attached hydrogens (primary N) is 1. The van der Waals surface area contributed by atoms with Crippen molar-refractivity contribution in [3.8, 4) is 0 Å². The lowest BCUT2D eigenvalue weighted by atomic mass is 9.97. The highest BCUT2D eigenvalue weighted by molar-refractivity contribution is 9.10. The molecule has 0 saturated carbocycles. The Morgan fingerprint density at radius 2 is 2.29 bits per heavy atom. The normalized spacial score (nSPS) is 20.3. The molecule has 0 radical (unpaired) electrons. The van der Waals surface area contributed by atoms with Crippen LogP contribution in [0.25, 0.3) is 0 Å². The van der Waals surface area contributed by atoms with Gasteiger partial charge in [0.1, 0.15) is 0 Å². The molecular formula is C11H13BrN2O3. The number of hydrogen-bond acceptors (Lipinski definition) is 3. The van der Waals surface area contributed by atoms with Gasteiger partial charge in [0.05, 0.1) is 17.7 Å². The van der Waals surface area contributed by atoms with E-state index in [4.69, 9.17) is 10.2 Å². The lowest BCUT2D eigenvalue weighted by Crippen LogP contribution is -2.44. The molecule has 0 spiro atoms. The number of primary amides is 1. The molecule has 92 valence electrons. The Balaban J connectivity index is 2.10. The number of likely N-dealkylation sites (tertiary alicyclic amines) is 1. The first-order valence-electron chi connectivity index (χ1n) is 5.41. The highest BCUT2D eigenvalue weighted by Crippen LogP contribution is 2.23. The summed E-state index contributed by atoms with van der Waals surface area (Å²) >= 11 is 3.17. The monoisotopic (exact) mass is 300 g/mol. The molecule has 1 aliphatic heterocycles. The molecule has 2 heterocycles. The van der Waals surface area contributed by atoms with Crippen molar-refractivity contribution in [3.63, 3.8) is 0 Å². The van der Waals surface area contributed by atoms with Crippen LogP contribution in [0.15, 0.2) is 21.4 Å². The number of rotatable bonds is 2. The van der Waals surface area contributed by atoms with E-state index in [1.54, 1.807) is 11.0 Å². The van der Waals surface area contributed by atoms with Crippen LogP contribution in [0.1, 0.15) is 23.2 Å². The maximum absolute atomic E-state index is 12.1. The molecule has 1 aliphatic rings. The van der Waals surface area contributed by atoms with Gasteiger partial charge >= 0.3 is 0 Å². The number of hydrogen-bond donors (Lipinski definition) is 1. The lowest BCUT2D eigenvalue weighted by molar-refractivity contribution is -0.123. The van der Waals surface area contributed by atoms with Crippen molar-refractivity contribution in [1.82, 2.24) is 4.90 Å². The zero-order valence-corrected chi connectivity index (χ0v) is 10.8. The SMILES string of the molecule is NC(=O)C1CCCN(C(=O)c2ccoc2Br)C1. The molecule has 1 fully saturated rings. The molecule has 2 amide bonds. The second kappa shape index (κ2) is 4.91. The van der Waals surface area contributed by atoms with Gasteiger partial charge in [-0.2, -0.15) is 0 Å². The van der Waals surface area contributed by atoms with Crippen LogP contribution in [0.4, 0.5) is 0 Å². The number of carbonyl (C=O) groups excluding carboxylic acids is 2. The highest BCUT2D eigenvalue weighted by atomic mass is 79.9. The van der Waals surface area contributed by atoms with Gasteiger partial charge in [0.15, 0.2) is 4.67 Å². The molecule has 1 saturated heterocycles. The number of halogens is 1. The van der Waals surface area contributed by atoms with Crippen LogP contribution < -0.4 is 5.73 Å². The molecule has 1 unspecified atom stereocenters. The third-order valence-corrected chi connectivity index (χ3v) is 3.57. The van der Waals surface area contributed by atoms with Gasteiger partial charge in [-0.25, -0.2) is 0 Å². The van der Waals surface area contributed by atoms with Crippen LogP contribution in [-0.4, -0.2) is 29.8 Å². The minimum Gasteiger partial charge on any atom is -0.457 e. The topological polar surface area (TPSA) is 76.5 Å². The Morgan fingerprint density at radius 1 is 1.53 bits per heavy atom. The quantitative estimate of drug-likeness (QED) is 0.896. The number of furan rings is 1. The van der Waals surface area contributed by atoms with Crippen molar-refractivity contribution >= 4 is 27.7 Å². The first kappa shape index (κ1) is 12.2. The van der Waals surface area contributed by atoms with Gasteiger partial charge < -0.3 is 15.1 Å². The number of carbonyl (C=O) groups is 2. The van der Waals surface area contributed by atoms with Crippen molar-refractivity contribution in [2.45, 2.75) is 12.8 Å². The standard InChI is InChI=1S/C11H13BrN2O3/c12-9-8(3-5-17-9)11(16)14-4-1-2-7(6-14)10(13)15/h3,5,7H,1-2,4,6H2,(H2,13,15). The Kier molecular flexibility index (Phi) is 3.51. The predicted octanol–water partition coefficient (Wildman–Crippen LogP) is 1.38. The van der Waals surface area contributed by atoms with Crippen LogP contribution in [-0.2, 0) is 4.79 Å². The fraction of sp³-hybridized carbons (Fsp3) is 0.455. The van der Waals surface area contributed by atoms with Crippen molar-refractivity contribution in [2.75, 3.05) is 13.1 Å². The van der Waals surface area contributed by atoms with E-state index in [1.165, 1.54) is 6.26 Å². The number of amides is 2. The highest BCUT2D eigenvalue weighted by Gasteiger charge is 2.28. The first-order chi connectivity index (χ1) is 8.09. The molecule has 0 aliphatic carbocycles. The van der Waals surface area contributed by atoms with Gasteiger partial charge in [0.2, 0.25) is 5.91 Å². The van der Waals surface area contributed by atoms with Crippen LogP contribution in [0.3, 0.4) is 0 Å². The second-order valence-corrected chi connectivity index (χ2v) is 4.82. The Hall–Kier alpha value is -1.30. The second-order valence-electron chi connectivity index (χ2n) is 4.10. The van der Waals surface area contributed by atoms with E-state index in [2.05, 4.69) is 15.9 Å². The molecule has 17 heavy (non-hydrogen) atoms. The average Bonchev–Trinajstić information content (AvgIpc) is 2.74. The minimum absolute atomic E-state index is 0.128. The van der Waals surface area contributed by atoms with E-state index >= 15 is 0 Å². The molecular weight excluding hydrogens is 288 g/mol. The van der Waals surface area contributed by atoms with E-state index in [-0.39, 0.29) is 17.7 Å². The molecule has 2 N–H and O–H groups in total. The van der Waals surface area contributed by atoms with Crippen LogP contribution in [0.2, 0.25) is 0 Å². The Labute approximate surface area is 107 Å². The van der Waals surface area contributed by atoms with Crippen molar-refractivity contribution in [3.05, 3.63) is 22.6 Å². The molecule has 5 nitrogen and oxygen atoms in total. The minimum atomic E-state index is -0.339. The third kappa shape index (κ3) is 2.52. The Morgan fingerprint density at radius 3 is 2.88 bits per heavy atom. The summed E-state index contributed by atoms with van der Waals surface area (Å²) in [4.78, 5) is 24.9. The molecule has 1 aromatic rings. The molecule has 0 aromatic carbocycles. The van der Waals surface area contributed by atoms with Crippen LogP contribution >= 0.6 is 15.9 Å². The zero-order chi connectivity index (χ0) is 12.4. The molecule has 6 heteroatoms. The van der Waals surface area contributed by atoms with Crippen molar-refractivity contribution < 1.29 is 14.0 Å². The van der Waals surface area contributed by atoms with Crippen LogP contribution in [0, 0.1) is 5.92 Å². The lowest BCUT2D eigenvalue weighted by Gasteiger charge is -2.30. The molecule has 1 atom stereocenters. The maximum atomic E-state index is 12.1. The summed E-state index contributed by atoms with van der Waals surface area (Å²) < 4.78 is 5.45. The third-order valence-electron chi connectivity index (χ3n) is 2.96. The van der Waals surface area contributed by atoms with Gasteiger partial charge in [-0.05, 0) is 34.8 Å². The summed E-state index contributed by atoms with van der Waals surface area (Å²) in [5.41, 5.74) is 5.76. The largest absolute Gasteiger partial charge is 0.457 e. The summed E-state index contributed by atoms with van der Waals surface area (Å²) in [7, 11) is 0. The van der Waals surface area contributed by atoms with Crippen molar-refractivity contribution in [2.24, 2.45) is 11.7 Å². The fourth-order valence-electron chi connectivity index (χ4n) is 2.01. The first-order valence-corrected chi connectivity index (χ1v) is 6.20. The van der Waals surface area contributed by atoms with Gasteiger partial charge in [-0.3, -0.25) is 9.59 Å². The summed E-state index contributed by atoms with van der Waals surface area (Å²) in [6.07, 6.45) is 3.01. The summed E-state index contributed by atoms with van der Waals surface area (Å²) in [5.74, 6) is -0.705. The predicted molar refractivity (Wildman–Crippen MR) is 64.2 cm³/mol. The fourth-order valence-corrected chi connectivity index (χ4v) is 2.42. The van der Waals surface area contributed by atoms with Gasteiger partial charge in [-0.15, -0.1) is 0 Å². The number of nitrogens with zero attached hydrogens (tertiary/aromatic N) is 1. The van der Waals surface area contributed by atoms with E-state index in [9.17, 15) is 9.59 Å². The summed E-state index contributed by atoms with van der Waals surface area (Å²) in [5, 5.41) is 0. The smallest absolute Gasteiger partial charge is 0.258 e. The average molecular weight is 301 g/mol. The Bertz CT molecular complexity index is 444. The summed E-state index contributed by atoms with van der Waals surface area (Å²) in [6.45, 7) is 1.05. The summed E-state index contributed by atoms with van der Waals surface area (Å²) in [6, 6.07) is 1.61. The zero-order valence-electron chi connectivity index (χ0n) is 9.19. The van der Waals surface area contributed by atoms with Gasteiger partial charge in [0, 0.05) is 13.1 Å². The van der Waals surface area contributed by atoms with E-state index in [1.807, 2.05) is 0 Å². The maximum Gasteiger partial charge on any atom is 0.258 e. The molecule has 1 aromatic heterocycles.